The molecule has 2 rings (SSSR count). The molecular weight excluding hydrogens is 258 g/mol. The molecule has 5 nitrogen and oxygen atoms in total. The molecule has 2 aromatic heterocycles. The lowest BCUT2D eigenvalue weighted by molar-refractivity contribution is 0.847. The molecule has 2 aromatic rings. The molecule has 0 aliphatic carbocycles. The molecule has 0 aromatic carbocycles. The van der Waals surface area contributed by atoms with Gasteiger partial charge in [0.05, 0.1) is 17.7 Å². The number of aryl methyl sites for hydroxylation is 1. The van der Waals surface area contributed by atoms with Gasteiger partial charge in [-0.1, -0.05) is 13.8 Å². The lowest BCUT2D eigenvalue weighted by Gasteiger charge is -2.16. The van der Waals surface area contributed by atoms with Gasteiger partial charge >= 0.3 is 0 Å². The number of aromatic nitrogens is 3. The maximum atomic E-state index is 4.36. The molecule has 0 atom stereocenters. The van der Waals surface area contributed by atoms with Crippen molar-refractivity contribution < 1.29 is 0 Å². The van der Waals surface area contributed by atoms with Crippen LogP contribution in [0.25, 0.3) is 0 Å². The van der Waals surface area contributed by atoms with Crippen LogP contribution in [0.1, 0.15) is 35.9 Å². The van der Waals surface area contributed by atoms with Crippen molar-refractivity contribution in [3.05, 3.63) is 28.0 Å². The number of rotatable bonds is 5. The molecule has 19 heavy (non-hydrogen) atoms. The maximum Gasteiger partial charge on any atom is 0.135 e. The van der Waals surface area contributed by atoms with Crippen LogP contribution in [0.2, 0.25) is 0 Å². The van der Waals surface area contributed by atoms with Gasteiger partial charge in [0.25, 0.3) is 0 Å². The standard InChI is InChI=1S/C13H19N5S/c1-8(2)11-12(14-4)16-6-17-13(11)15-5-10-9(3)18-7-19-10/h6-8H,5H2,1-4H3,(H2,14,15,16,17). The average Bonchev–Trinajstić information content (AvgIpc) is 2.81. The summed E-state index contributed by atoms with van der Waals surface area (Å²) in [4.78, 5) is 14.1. The summed E-state index contributed by atoms with van der Waals surface area (Å²) < 4.78 is 0. The number of hydrogen-bond acceptors (Lipinski definition) is 6. The Morgan fingerprint density at radius 1 is 1.21 bits per heavy atom. The van der Waals surface area contributed by atoms with E-state index in [4.69, 9.17) is 0 Å². The fraction of sp³-hybridized carbons (Fsp3) is 0.462. The molecule has 2 heterocycles. The second kappa shape index (κ2) is 5.97. The summed E-state index contributed by atoms with van der Waals surface area (Å²) in [5.74, 6) is 2.13. The molecule has 0 unspecified atom stereocenters. The molecule has 6 heteroatoms. The minimum absolute atomic E-state index is 0.355. The van der Waals surface area contributed by atoms with Crippen LogP contribution >= 0.6 is 11.3 Å². The van der Waals surface area contributed by atoms with Crippen molar-refractivity contribution in [3.63, 3.8) is 0 Å². The Hall–Kier alpha value is -1.69. The van der Waals surface area contributed by atoms with E-state index in [2.05, 4.69) is 39.4 Å². The van der Waals surface area contributed by atoms with Gasteiger partial charge in [0.1, 0.15) is 18.0 Å². The zero-order valence-electron chi connectivity index (χ0n) is 11.7. The first-order valence-electron chi connectivity index (χ1n) is 6.29. The lowest BCUT2D eigenvalue weighted by atomic mass is 10.0. The van der Waals surface area contributed by atoms with Crippen molar-refractivity contribution in [1.29, 1.82) is 0 Å². The van der Waals surface area contributed by atoms with E-state index in [1.165, 1.54) is 4.88 Å². The topological polar surface area (TPSA) is 62.7 Å². The zero-order chi connectivity index (χ0) is 13.8. The molecule has 0 aliphatic rings. The van der Waals surface area contributed by atoms with E-state index in [0.717, 1.165) is 29.4 Å². The van der Waals surface area contributed by atoms with Crippen LogP contribution in [0.4, 0.5) is 11.6 Å². The highest BCUT2D eigenvalue weighted by Gasteiger charge is 2.14. The minimum atomic E-state index is 0.355. The van der Waals surface area contributed by atoms with Gasteiger partial charge in [0.15, 0.2) is 0 Å². The first kappa shape index (κ1) is 13.7. The predicted octanol–water partition coefficient (Wildman–Crippen LogP) is 3.02. The van der Waals surface area contributed by atoms with Gasteiger partial charge in [-0.15, -0.1) is 11.3 Å². The van der Waals surface area contributed by atoms with E-state index in [-0.39, 0.29) is 0 Å². The second-order valence-corrected chi connectivity index (χ2v) is 5.54. The summed E-state index contributed by atoms with van der Waals surface area (Å²) in [6, 6.07) is 0. The second-order valence-electron chi connectivity index (χ2n) is 4.60. The maximum absolute atomic E-state index is 4.36. The van der Waals surface area contributed by atoms with E-state index in [1.54, 1.807) is 17.7 Å². The van der Waals surface area contributed by atoms with Crippen LogP contribution in [-0.2, 0) is 6.54 Å². The van der Waals surface area contributed by atoms with E-state index >= 15 is 0 Å². The molecule has 0 spiro atoms. The number of nitrogens with one attached hydrogen (secondary N) is 2. The first-order chi connectivity index (χ1) is 9.13. The van der Waals surface area contributed by atoms with Crippen molar-refractivity contribution in [2.45, 2.75) is 33.2 Å². The molecule has 0 fully saturated rings. The van der Waals surface area contributed by atoms with Gasteiger partial charge in [-0.2, -0.15) is 0 Å². The molecule has 2 N–H and O–H groups in total. The Bertz CT molecular complexity index is 550. The average molecular weight is 277 g/mol. The Kier molecular flexibility index (Phi) is 4.31. The van der Waals surface area contributed by atoms with Crippen LogP contribution < -0.4 is 10.6 Å². The van der Waals surface area contributed by atoms with Gasteiger partial charge in [-0.3, -0.25) is 0 Å². The van der Waals surface area contributed by atoms with Gasteiger partial charge in [-0.05, 0) is 12.8 Å². The minimum Gasteiger partial charge on any atom is -0.373 e. The van der Waals surface area contributed by atoms with Crippen molar-refractivity contribution in [2.24, 2.45) is 0 Å². The predicted molar refractivity (Wildman–Crippen MR) is 79.8 cm³/mol. The van der Waals surface area contributed by atoms with Gasteiger partial charge in [0, 0.05) is 17.5 Å². The molecular formula is C13H19N5S. The van der Waals surface area contributed by atoms with Crippen molar-refractivity contribution in [2.75, 3.05) is 17.7 Å². The van der Waals surface area contributed by atoms with Gasteiger partial charge < -0.3 is 10.6 Å². The van der Waals surface area contributed by atoms with Crippen molar-refractivity contribution >= 4 is 23.0 Å². The molecule has 0 bridgehead atoms. The highest BCUT2D eigenvalue weighted by Crippen LogP contribution is 2.28. The fourth-order valence-electron chi connectivity index (χ4n) is 1.94. The number of nitrogens with zero attached hydrogens (tertiary/aromatic N) is 3. The molecule has 102 valence electrons. The third-order valence-corrected chi connectivity index (χ3v) is 3.89. The number of hydrogen-bond donors (Lipinski definition) is 2. The molecule has 0 saturated heterocycles. The molecule has 0 radical (unpaired) electrons. The largest absolute Gasteiger partial charge is 0.373 e. The lowest BCUT2D eigenvalue weighted by Crippen LogP contribution is -2.09. The highest BCUT2D eigenvalue weighted by molar-refractivity contribution is 7.09. The van der Waals surface area contributed by atoms with Gasteiger partial charge in [-0.25, -0.2) is 15.0 Å². The Labute approximate surface area is 117 Å². The third-order valence-electron chi connectivity index (χ3n) is 2.96. The zero-order valence-corrected chi connectivity index (χ0v) is 12.5. The summed E-state index contributed by atoms with van der Waals surface area (Å²) in [5, 5.41) is 6.51. The Balaban J connectivity index is 2.22. The Morgan fingerprint density at radius 3 is 2.53 bits per heavy atom. The molecule has 0 amide bonds. The smallest absolute Gasteiger partial charge is 0.135 e. The van der Waals surface area contributed by atoms with Gasteiger partial charge in [0.2, 0.25) is 0 Å². The molecule has 0 saturated carbocycles. The first-order valence-corrected chi connectivity index (χ1v) is 7.17. The van der Waals surface area contributed by atoms with E-state index in [1.807, 2.05) is 19.5 Å². The summed E-state index contributed by atoms with van der Waals surface area (Å²) in [7, 11) is 1.88. The van der Waals surface area contributed by atoms with E-state index in [9.17, 15) is 0 Å². The van der Waals surface area contributed by atoms with Crippen molar-refractivity contribution in [3.8, 4) is 0 Å². The van der Waals surface area contributed by atoms with Crippen LogP contribution in [0.3, 0.4) is 0 Å². The SMILES string of the molecule is CNc1ncnc(NCc2scnc2C)c1C(C)C. The number of anilines is 2. The monoisotopic (exact) mass is 277 g/mol. The third kappa shape index (κ3) is 3.01. The van der Waals surface area contributed by atoms with Crippen LogP contribution in [-0.4, -0.2) is 22.0 Å². The quantitative estimate of drug-likeness (QED) is 0.879. The van der Waals surface area contributed by atoms with Crippen LogP contribution in [0, 0.1) is 6.92 Å². The van der Waals surface area contributed by atoms with Crippen LogP contribution in [0.5, 0.6) is 0 Å². The summed E-state index contributed by atoms with van der Waals surface area (Å²) in [6.45, 7) is 7.05. The fourth-order valence-corrected chi connectivity index (χ4v) is 2.66. The van der Waals surface area contributed by atoms with E-state index in [0.29, 0.717) is 5.92 Å². The van der Waals surface area contributed by atoms with Crippen LogP contribution in [0.15, 0.2) is 11.8 Å². The van der Waals surface area contributed by atoms with Crippen molar-refractivity contribution in [1.82, 2.24) is 15.0 Å². The summed E-state index contributed by atoms with van der Waals surface area (Å²) >= 11 is 1.66. The summed E-state index contributed by atoms with van der Waals surface area (Å²) in [6.07, 6.45) is 1.58. The highest BCUT2D eigenvalue weighted by atomic mass is 32.1. The Morgan fingerprint density at radius 2 is 1.95 bits per heavy atom. The molecule has 0 aliphatic heterocycles. The van der Waals surface area contributed by atoms with E-state index < -0.39 is 0 Å². The summed E-state index contributed by atoms with van der Waals surface area (Å²) in [5.41, 5.74) is 4.06. The normalized spacial score (nSPS) is 10.8. The number of thiazole rings is 1.